The van der Waals surface area contributed by atoms with Gasteiger partial charge < -0.3 is 4.74 Å². The number of benzene rings is 1. The molecule has 1 atom stereocenters. The third-order valence-electron chi connectivity index (χ3n) is 3.12. The summed E-state index contributed by atoms with van der Waals surface area (Å²) in [6.45, 7) is 6.45. The number of esters is 1. The first-order valence-corrected chi connectivity index (χ1v) is 7.17. The van der Waals surface area contributed by atoms with Gasteiger partial charge in [0.1, 0.15) is 0 Å². The summed E-state index contributed by atoms with van der Waals surface area (Å²) in [6, 6.07) is 9.61. The van der Waals surface area contributed by atoms with Gasteiger partial charge in [-0.1, -0.05) is 55.8 Å². The Morgan fingerprint density at radius 2 is 2.00 bits per heavy atom. The van der Waals surface area contributed by atoms with E-state index in [2.05, 4.69) is 26.8 Å². The van der Waals surface area contributed by atoms with Crippen molar-refractivity contribution in [2.75, 3.05) is 0 Å². The molecule has 0 spiro atoms. The number of allylic oxidation sites excluding steroid dienone is 3. The molecule has 0 saturated heterocycles. The van der Waals surface area contributed by atoms with Crippen molar-refractivity contribution in [1.29, 1.82) is 0 Å². The lowest BCUT2D eigenvalue weighted by atomic mass is 10.0. The van der Waals surface area contributed by atoms with Crippen LogP contribution in [-0.2, 0) is 16.0 Å². The van der Waals surface area contributed by atoms with Gasteiger partial charge in [-0.05, 0) is 37.3 Å². The van der Waals surface area contributed by atoms with E-state index in [9.17, 15) is 4.79 Å². The highest BCUT2D eigenvalue weighted by Gasteiger charge is 2.02. The molecule has 0 bridgehead atoms. The number of carbonyl (C=O) groups is 1. The van der Waals surface area contributed by atoms with Crippen LogP contribution in [0.25, 0.3) is 0 Å². The van der Waals surface area contributed by atoms with Gasteiger partial charge in [0.15, 0.2) is 0 Å². The lowest BCUT2D eigenvalue weighted by Crippen LogP contribution is -2.03. The Labute approximate surface area is 122 Å². The zero-order chi connectivity index (χ0) is 14.8. The fourth-order valence-corrected chi connectivity index (χ4v) is 1.87. The molecule has 1 unspecified atom stereocenters. The van der Waals surface area contributed by atoms with Crippen molar-refractivity contribution in [1.82, 2.24) is 0 Å². The molecule has 108 valence electrons. The SMILES string of the molecule is CC/C(C)=C/C(C)C/C=C/OC(=O)Cc1ccccc1. The second kappa shape index (κ2) is 9.13. The lowest BCUT2D eigenvalue weighted by Gasteiger charge is -2.04. The minimum Gasteiger partial charge on any atom is -0.435 e. The molecular weight excluding hydrogens is 248 g/mol. The maximum absolute atomic E-state index is 11.6. The molecule has 0 aromatic heterocycles. The molecule has 1 aromatic rings. The van der Waals surface area contributed by atoms with Gasteiger partial charge in [0, 0.05) is 0 Å². The average Bonchev–Trinajstić information content (AvgIpc) is 2.44. The van der Waals surface area contributed by atoms with Crippen LogP contribution in [-0.4, -0.2) is 5.97 Å². The van der Waals surface area contributed by atoms with Gasteiger partial charge in [0.05, 0.1) is 12.7 Å². The number of ether oxygens (including phenoxy) is 1. The first-order chi connectivity index (χ1) is 9.61. The van der Waals surface area contributed by atoms with Crippen molar-refractivity contribution in [3.63, 3.8) is 0 Å². The summed E-state index contributed by atoms with van der Waals surface area (Å²) in [5, 5.41) is 0. The quantitative estimate of drug-likeness (QED) is 0.409. The molecule has 0 saturated carbocycles. The van der Waals surface area contributed by atoms with E-state index in [1.807, 2.05) is 36.4 Å². The Kier molecular flexibility index (Phi) is 7.41. The summed E-state index contributed by atoms with van der Waals surface area (Å²) in [5.41, 5.74) is 2.37. The smallest absolute Gasteiger partial charge is 0.315 e. The van der Waals surface area contributed by atoms with E-state index >= 15 is 0 Å². The van der Waals surface area contributed by atoms with Crippen molar-refractivity contribution in [2.45, 2.75) is 40.0 Å². The molecule has 0 fully saturated rings. The van der Waals surface area contributed by atoms with Crippen LogP contribution in [0.2, 0.25) is 0 Å². The van der Waals surface area contributed by atoms with Gasteiger partial charge in [0.25, 0.3) is 0 Å². The largest absolute Gasteiger partial charge is 0.435 e. The third-order valence-corrected chi connectivity index (χ3v) is 3.12. The first kappa shape index (κ1) is 16.2. The summed E-state index contributed by atoms with van der Waals surface area (Å²) in [5.74, 6) is 0.249. The summed E-state index contributed by atoms with van der Waals surface area (Å²) in [6.07, 6.45) is 7.96. The molecule has 0 aliphatic heterocycles. The molecule has 2 nitrogen and oxygen atoms in total. The third kappa shape index (κ3) is 6.93. The molecule has 1 rings (SSSR count). The van der Waals surface area contributed by atoms with Crippen LogP contribution < -0.4 is 0 Å². The average molecular weight is 272 g/mol. The lowest BCUT2D eigenvalue weighted by molar-refractivity contribution is -0.137. The number of hydrogen-bond acceptors (Lipinski definition) is 2. The van der Waals surface area contributed by atoms with Crippen LogP contribution in [0, 0.1) is 5.92 Å². The highest BCUT2D eigenvalue weighted by Crippen LogP contribution is 2.10. The van der Waals surface area contributed by atoms with Gasteiger partial charge in [-0.25, -0.2) is 0 Å². The molecule has 0 amide bonds. The standard InChI is InChI=1S/C18H24O2/c1-4-15(2)13-16(3)9-8-12-20-18(19)14-17-10-6-5-7-11-17/h5-8,10-13,16H,4,9,14H2,1-3H3/b12-8+,15-13+. The minimum atomic E-state index is -0.222. The highest BCUT2D eigenvalue weighted by atomic mass is 16.5. The molecule has 2 heteroatoms. The molecule has 0 aliphatic rings. The predicted molar refractivity (Wildman–Crippen MR) is 83.2 cm³/mol. The fraction of sp³-hybridized carbons (Fsp3) is 0.389. The monoisotopic (exact) mass is 272 g/mol. The Bertz CT molecular complexity index is 458. The van der Waals surface area contributed by atoms with Crippen molar-refractivity contribution in [3.8, 4) is 0 Å². The first-order valence-electron chi connectivity index (χ1n) is 7.17. The van der Waals surface area contributed by atoms with Crippen molar-refractivity contribution < 1.29 is 9.53 Å². The molecule has 1 aromatic carbocycles. The summed E-state index contributed by atoms with van der Waals surface area (Å²) >= 11 is 0. The molecule has 20 heavy (non-hydrogen) atoms. The number of hydrogen-bond donors (Lipinski definition) is 0. The Morgan fingerprint density at radius 1 is 1.30 bits per heavy atom. The zero-order valence-electron chi connectivity index (χ0n) is 12.6. The molecule has 0 aliphatic carbocycles. The highest BCUT2D eigenvalue weighted by molar-refractivity contribution is 5.73. The second-order valence-corrected chi connectivity index (χ2v) is 5.10. The van der Waals surface area contributed by atoms with E-state index in [4.69, 9.17) is 4.74 Å². The maximum atomic E-state index is 11.6. The van der Waals surface area contributed by atoms with E-state index < -0.39 is 0 Å². The van der Waals surface area contributed by atoms with Gasteiger partial charge in [-0.2, -0.15) is 0 Å². The number of rotatable bonds is 7. The topological polar surface area (TPSA) is 26.3 Å². The van der Waals surface area contributed by atoms with E-state index in [-0.39, 0.29) is 5.97 Å². The predicted octanol–water partition coefficient (Wildman–Crippen LogP) is 4.67. The van der Waals surface area contributed by atoms with Crippen LogP contribution in [0.3, 0.4) is 0 Å². The van der Waals surface area contributed by atoms with Gasteiger partial charge in [-0.15, -0.1) is 0 Å². The Morgan fingerprint density at radius 3 is 2.65 bits per heavy atom. The molecule has 0 heterocycles. The normalized spacial score (nSPS) is 13.4. The van der Waals surface area contributed by atoms with Crippen molar-refractivity contribution in [2.24, 2.45) is 5.92 Å². The molecule has 0 N–H and O–H groups in total. The van der Waals surface area contributed by atoms with Gasteiger partial charge in [-0.3, -0.25) is 4.79 Å². The number of carbonyl (C=O) groups excluding carboxylic acids is 1. The Hall–Kier alpha value is -1.83. The van der Waals surface area contributed by atoms with Gasteiger partial charge in [0.2, 0.25) is 0 Å². The van der Waals surface area contributed by atoms with E-state index in [1.165, 1.54) is 11.8 Å². The van der Waals surface area contributed by atoms with E-state index in [0.29, 0.717) is 12.3 Å². The van der Waals surface area contributed by atoms with E-state index in [1.54, 1.807) is 0 Å². The van der Waals surface area contributed by atoms with Crippen LogP contribution in [0.15, 0.2) is 54.3 Å². The summed E-state index contributed by atoms with van der Waals surface area (Å²) in [7, 11) is 0. The van der Waals surface area contributed by atoms with Gasteiger partial charge >= 0.3 is 5.97 Å². The molecular formula is C18H24O2. The minimum absolute atomic E-state index is 0.222. The van der Waals surface area contributed by atoms with Crippen molar-refractivity contribution in [3.05, 3.63) is 59.9 Å². The molecule has 0 radical (unpaired) electrons. The zero-order valence-corrected chi connectivity index (χ0v) is 12.6. The van der Waals surface area contributed by atoms with Crippen LogP contribution in [0.1, 0.15) is 39.2 Å². The van der Waals surface area contributed by atoms with E-state index in [0.717, 1.165) is 18.4 Å². The maximum Gasteiger partial charge on any atom is 0.315 e. The van der Waals surface area contributed by atoms with Crippen molar-refractivity contribution >= 4 is 5.97 Å². The van der Waals surface area contributed by atoms with Crippen LogP contribution >= 0.6 is 0 Å². The summed E-state index contributed by atoms with van der Waals surface area (Å²) in [4.78, 5) is 11.6. The van der Waals surface area contributed by atoms with Crippen LogP contribution in [0.5, 0.6) is 0 Å². The Balaban J connectivity index is 2.29. The van der Waals surface area contributed by atoms with Crippen LogP contribution in [0.4, 0.5) is 0 Å². The second-order valence-electron chi connectivity index (χ2n) is 5.10. The summed E-state index contributed by atoms with van der Waals surface area (Å²) < 4.78 is 5.09. The fourth-order valence-electron chi connectivity index (χ4n) is 1.87.